The number of anilines is 2. The van der Waals surface area contributed by atoms with Crippen molar-refractivity contribution >= 4 is 17.4 Å². The summed E-state index contributed by atoms with van der Waals surface area (Å²) in [6, 6.07) is 9.47. The third-order valence-electron chi connectivity index (χ3n) is 3.73. The van der Waals surface area contributed by atoms with Crippen molar-refractivity contribution in [1.29, 1.82) is 0 Å². The molecule has 0 aliphatic heterocycles. The normalized spacial score (nSPS) is 10.2. The fourth-order valence-corrected chi connectivity index (χ4v) is 2.31. The molecule has 0 atom stereocenters. The Morgan fingerprint density at radius 1 is 1.12 bits per heavy atom. The van der Waals surface area contributed by atoms with Gasteiger partial charge >= 0.3 is 0 Å². The summed E-state index contributed by atoms with van der Waals surface area (Å²) in [5.41, 5.74) is 1.94. The molecule has 0 aliphatic rings. The second-order valence-electron chi connectivity index (χ2n) is 5.63. The standard InChI is InChI=1S/C19H25N3O3/c1-4-5-6-19(23)22-18-10-8-15(13-21-18)20-12-14-7-9-16(24-2)17(11-14)25-3/h7-11,13,20H,4-6,12H2,1-3H3,(H,21,22,23). The molecule has 0 saturated carbocycles. The Bertz CT molecular complexity index is 687. The predicted octanol–water partition coefficient (Wildman–Crippen LogP) is 3.84. The zero-order chi connectivity index (χ0) is 18.1. The number of amides is 1. The molecule has 2 N–H and O–H groups in total. The van der Waals surface area contributed by atoms with Gasteiger partial charge in [0.1, 0.15) is 5.82 Å². The van der Waals surface area contributed by atoms with E-state index in [0.29, 0.717) is 30.3 Å². The summed E-state index contributed by atoms with van der Waals surface area (Å²) in [4.78, 5) is 16.0. The van der Waals surface area contributed by atoms with Crippen LogP contribution < -0.4 is 20.1 Å². The van der Waals surface area contributed by atoms with E-state index < -0.39 is 0 Å². The van der Waals surface area contributed by atoms with E-state index in [9.17, 15) is 4.79 Å². The number of pyridine rings is 1. The fraction of sp³-hybridized carbons (Fsp3) is 0.368. The van der Waals surface area contributed by atoms with Gasteiger partial charge in [0, 0.05) is 13.0 Å². The molecule has 0 saturated heterocycles. The molecule has 0 radical (unpaired) electrons. The van der Waals surface area contributed by atoms with Gasteiger partial charge in [-0.05, 0) is 36.2 Å². The predicted molar refractivity (Wildman–Crippen MR) is 99.3 cm³/mol. The number of hydrogen-bond donors (Lipinski definition) is 2. The average molecular weight is 343 g/mol. The highest BCUT2D eigenvalue weighted by Crippen LogP contribution is 2.27. The maximum atomic E-state index is 11.7. The molecule has 1 amide bonds. The van der Waals surface area contributed by atoms with Gasteiger partial charge in [-0.15, -0.1) is 0 Å². The summed E-state index contributed by atoms with van der Waals surface area (Å²) >= 11 is 0. The van der Waals surface area contributed by atoms with Gasteiger partial charge in [-0.1, -0.05) is 19.4 Å². The minimum absolute atomic E-state index is 0.000358. The van der Waals surface area contributed by atoms with Crippen molar-refractivity contribution in [3.63, 3.8) is 0 Å². The Kier molecular flexibility index (Phi) is 7.07. The van der Waals surface area contributed by atoms with Gasteiger partial charge < -0.3 is 20.1 Å². The van der Waals surface area contributed by atoms with Crippen molar-refractivity contribution in [1.82, 2.24) is 4.98 Å². The second kappa shape index (κ2) is 9.52. The molecule has 2 aromatic rings. The monoisotopic (exact) mass is 343 g/mol. The zero-order valence-electron chi connectivity index (χ0n) is 15.0. The van der Waals surface area contributed by atoms with Crippen LogP contribution in [-0.4, -0.2) is 25.1 Å². The number of methoxy groups -OCH3 is 2. The molecule has 0 fully saturated rings. The van der Waals surface area contributed by atoms with Crippen LogP contribution in [-0.2, 0) is 11.3 Å². The van der Waals surface area contributed by atoms with Crippen molar-refractivity contribution in [2.75, 3.05) is 24.9 Å². The topological polar surface area (TPSA) is 72.5 Å². The number of carbonyl (C=O) groups excluding carboxylic acids is 1. The molecule has 0 aliphatic carbocycles. The Morgan fingerprint density at radius 3 is 2.56 bits per heavy atom. The van der Waals surface area contributed by atoms with Crippen molar-refractivity contribution in [3.8, 4) is 11.5 Å². The first-order chi connectivity index (χ1) is 12.2. The smallest absolute Gasteiger partial charge is 0.225 e. The van der Waals surface area contributed by atoms with E-state index in [1.807, 2.05) is 24.3 Å². The molecule has 1 heterocycles. The molecule has 6 nitrogen and oxygen atoms in total. The zero-order valence-corrected chi connectivity index (χ0v) is 15.0. The molecule has 25 heavy (non-hydrogen) atoms. The molecular weight excluding hydrogens is 318 g/mol. The van der Waals surface area contributed by atoms with E-state index in [2.05, 4.69) is 22.5 Å². The number of aromatic nitrogens is 1. The lowest BCUT2D eigenvalue weighted by Crippen LogP contribution is -2.12. The SMILES string of the molecule is CCCCC(=O)Nc1ccc(NCc2ccc(OC)c(OC)c2)cn1. The van der Waals surface area contributed by atoms with E-state index in [0.717, 1.165) is 24.1 Å². The van der Waals surface area contributed by atoms with Crippen LogP contribution in [0.15, 0.2) is 36.5 Å². The molecule has 0 spiro atoms. The summed E-state index contributed by atoms with van der Waals surface area (Å²) in [6.45, 7) is 2.69. The lowest BCUT2D eigenvalue weighted by atomic mass is 10.2. The number of ether oxygens (including phenoxy) is 2. The van der Waals surface area contributed by atoms with Crippen molar-refractivity contribution < 1.29 is 14.3 Å². The van der Waals surface area contributed by atoms with Gasteiger partial charge in [0.25, 0.3) is 0 Å². The Labute approximate surface area is 148 Å². The number of nitrogens with one attached hydrogen (secondary N) is 2. The van der Waals surface area contributed by atoms with Crippen LogP contribution in [0.4, 0.5) is 11.5 Å². The quantitative estimate of drug-likeness (QED) is 0.724. The first-order valence-corrected chi connectivity index (χ1v) is 8.37. The highest BCUT2D eigenvalue weighted by Gasteiger charge is 2.05. The van der Waals surface area contributed by atoms with Crippen LogP contribution in [0.5, 0.6) is 11.5 Å². The molecule has 134 valence electrons. The number of benzene rings is 1. The van der Waals surface area contributed by atoms with Gasteiger partial charge in [0.05, 0.1) is 26.1 Å². The molecule has 6 heteroatoms. The number of nitrogens with zero attached hydrogens (tertiary/aromatic N) is 1. The van der Waals surface area contributed by atoms with Gasteiger partial charge in [0.2, 0.25) is 5.91 Å². The average Bonchev–Trinajstić information content (AvgIpc) is 2.65. The lowest BCUT2D eigenvalue weighted by molar-refractivity contribution is -0.116. The first kappa shape index (κ1) is 18.6. The van der Waals surface area contributed by atoms with E-state index in [4.69, 9.17) is 9.47 Å². The number of hydrogen-bond acceptors (Lipinski definition) is 5. The Hall–Kier alpha value is -2.76. The molecule has 0 bridgehead atoms. The second-order valence-corrected chi connectivity index (χ2v) is 5.63. The summed E-state index contributed by atoms with van der Waals surface area (Å²) < 4.78 is 10.5. The summed E-state index contributed by atoms with van der Waals surface area (Å²) in [5.74, 6) is 1.97. The molecular formula is C19H25N3O3. The molecule has 1 aromatic heterocycles. The summed E-state index contributed by atoms with van der Waals surface area (Å²) in [5, 5.41) is 6.09. The Morgan fingerprint density at radius 2 is 1.92 bits per heavy atom. The van der Waals surface area contributed by atoms with Crippen molar-refractivity contribution in [3.05, 3.63) is 42.1 Å². The van der Waals surface area contributed by atoms with Crippen LogP contribution >= 0.6 is 0 Å². The molecule has 0 unspecified atom stereocenters. The van der Waals surface area contributed by atoms with Crippen LogP contribution in [0.3, 0.4) is 0 Å². The molecule has 2 rings (SSSR count). The van der Waals surface area contributed by atoms with Crippen molar-refractivity contribution in [2.24, 2.45) is 0 Å². The van der Waals surface area contributed by atoms with Crippen LogP contribution in [0, 0.1) is 0 Å². The largest absolute Gasteiger partial charge is 0.493 e. The Balaban J connectivity index is 1.90. The number of carbonyl (C=O) groups is 1. The van der Waals surface area contributed by atoms with Gasteiger partial charge in [-0.3, -0.25) is 4.79 Å². The van der Waals surface area contributed by atoms with Crippen LogP contribution in [0.25, 0.3) is 0 Å². The fourth-order valence-electron chi connectivity index (χ4n) is 2.31. The third kappa shape index (κ3) is 5.67. The first-order valence-electron chi connectivity index (χ1n) is 8.37. The van der Waals surface area contributed by atoms with Gasteiger partial charge in [-0.25, -0.2) is 4.98 Å². The van der Waals surface area contributed by atoms with E-state index in [-0.39, 0.29) is 5.91 Å². The summed E-state index contributed by atoms with van der Waals surface area (Å²) in [6.07, 6.45) is 4.12. The third-order valence-corrected chi connectivity index (χ3v) is 3.73. The summed E-state index contributed by atoms with van der Waals surface area (Å²) in [7, 11) is 3.23. The van der Waals surface area contributed by atoms with E-state index in [1.165, 1.54) is 0 Å². The maximum Gasteiger partial charge on any atom is 0.225 e. The highest BCUT2D eigenvalue weighted by molar-refractivity contribution is 5.89. The minimum atomic E-state index is 0.000358. The maximum absolute atomic E-state index is 11.7. The minimum Gasteiger partial charge on any atom is -0.493 e. The number of unbranched alkanes of at least 4 members (excludes halogenated alkanes) is 1. The van der Waals surface area contributed by atoms with Crippen LogP contribution in [0.1, 0.15) is 31.7 Å². The lowest BCUT2D eigenvalue weighted by Gasteiger charge is -2.11. The van der Waals surface area contributed by atoms with E-state index in [1.54, 1.807) is 26.5 Å². The van der Waals surface area contributed by atoms with Gasteiger partial charge in [0.15, 0.2) is 11.5 Å². The van der Waals surface area contributed by atoms with E-state index >= 15 is 0 Å². The van der Waals surface area contributed by atoms with Crippen molar-refractivity contribution in [2.45, 2.75) is 32.7 Å². The number of rotatable bonds is 9. The highest BCUT2D eigenvalue weighted by atomic mass is 16.5. The van der Waals surface area contributed by atoms with Crippen LogP contribution in [0.2, 0.25) is 0 Å². The van der Waals surface area contributed by atoms with Gasteiger partial charge in [-0.2, -0.15) is 0 Å². The molecule has 1 aromatic carbocycles.